The van der Waals surface area contributed by atoms with Gasteiger partial charge in [0.1, 0.15) is 23.8 Å². The van der Waals surface area contributed by atoms with Gasteiger partial charge in [-0.2, -0.15) is 0 Å². The Morgan fingerprint density at radius 1 is 1.00 bits per heavy atom. The van der Waals surface area contributed by atoms with Crippen LogP contribution in [0.3, 0.4) is 0 Å². The van der Waals surface area contributed by atoms with Crippen molar-refractivity contribution in [3.05, 3.63) is 59.4 Å². The summed E-state index contributed by atoms with van der Waals surface area (Å²) in [4.78, 5) is 73.4. The Balaban J connectivity index is 1.66. The molecule has 3 heterocycles. The Bertz CT molecular complexity index is 1420. The van der Waals surface area contributed by atoms with Gasteiger partial charge in [0.15, 0.2) is 4.96 Å². The summed E-state index contributed by atoms with van der Waals surface area (Å²) in [7, 11) is 0. The predicted octanol–water partition coefficient (Wildman–Crippen LogP) is 1.51. The van der Waals surface area contributed by atoms with Gasteiger partial charge in [-0.25, -0.2) is 4.98 Å². The molecule has 13 heteroatoms. The number of hydrogen-bond donors (Lipinski definition) is 4. The van der Waals surface area contributed by atoms with Crippen molar-refractivity contribution in [1.82, 2.24) is 35.6 Å². The maximum atomic E-state index is 13.7. The molecule has 0 spiro atoms. The van der Waals surface area contributed by atoms with Crippen molar-refractivity contribution in [2.75, 3.05) is 13.1 Å². The fraction of sp³-hybridized carbons (Fsp3) is 0.467. The molecule has 4 rings (SSSR count). The molecule has 3 aromatic rings. The van der Waals surface area contributed by atoms with E-state index in [4.69, 9.17) is 0 Å². The van der Waals surface area contributed by atoms with E-state index >= 15 is 0 Å². The van der Waals surface area contributed by atoms with Crippen LogP contribution in [-0.4, -0.2) is 81.1 Å². The van der Waals surface area contributed by atoms with E-state index in [1.54, 1.807) is 16.8 Å². The molecular weight excluding hydrogens is 570 g/mol. The molecule has 230 valence electrons. The minimum absolute atomic E-state index is 0.0161. The van der Waals surface area contributed by atoms with Crippen LogP contribution in [0.15, 0.2) is 48.1 Å². The zero-order valence-electron chi connectivity index (χ0n) is 24.8. The maximum absolute atomic E-state index is 13.7. The molecule has 0 saturated carbocycles. The van der Waals surface area contributed by atoms with Crippen molar-refractivity contribution in [3.63, 3.8) is 0 Å². The first-order valence-corrected chi connectivity index (χ1v) is 15.4. The summed E-state index contributed by atoms with van der Waals surface area (Å²) in [5, 5.41) is 13.1. The van der Waals surface area contributed by atoms with E-state index in [0.717, 1.165) is 5.56 Å². The summed E-state index contributed by atoms with van der Waals surface area (Å²) in [6, 6.07) is 5.95. The van der Waals surface area contributed by atoms with Crippen molar-refractivity contribution < 1.29 is 24.0 Å². The van der Waals surface area contributed by atoms with E-state index in [9.17, 15) is 24.0 Å². The van der Waals surface area contributed by atoms with Gasteiger partial charge in [-0.1, -0.05) is 51.1 Å². The SMILES string of the molecule is CC[C@H]1CN(C(=O)c2cn3ccsc3n2)CC(=O)N[C@H](C)C(=O)N[C@@H](CC(C)C)C(=O)N[C@@H](Cc2ccccc2)C(=O)N1. The van der Waals surface area contributed by atoms with E-state index in [0.29, 0.717) is 17.8 Å². The van der Waals surface area contributed by atoms with Crippen LogP contribution in [0.25, 0.3) is 4.96 Å². The molecule has 1 aliphatic heterocycles. The first kappa shape index (κ1) is 31.7. The number of rotatable bonds is 6. The molecule has 12 nitrogen and oxygen atoms in total. The first-order valence-electron chi connectivity index (χ1n) is 14.5. The van der Waals surface area contributed by atoms with E-state index in [-0.39, 0.29) is 31.1 Å². The maximum Gasteiger partial charge on any atom is 0.274 e. The van der Waals surface area contributed by atoms with Gasteiger partial charge in [-0.05, 0) is 31.2 Å². The molecule has 0 radical (unpaired) electrons. The second-order valence-electron chi connectivity index (χ2n) is 11.2. The number of nitrogens with one attached hydrogen (secondary N) is 4. The van der Waals surface area contributed by atoms with Crippen molar-refractivity contribution in [2.24, 2.45) is 5.92 Å². The standard InChI is InChI=1S/C30H39N7O5S/c1-5-21-15-37(29(42)24-16-36-11-12-43-30(36)35-24)17-25(38)31-19(4)26(39)33-22(13-18(2)3)28(41)34-23(27(40)32-21)14-20-9-7-6-8-10-20/h6-12,16,18-19,21-23H,5,13-15,17H2,1-4H3,(H,31,38)(H,32,40)(H,33,39)(H,34,41)/t19-,21+,22+,23+/m1/s1. The van der Waals surface area contributed by atoms with Crippen molar-refractivity contribution in [2.45, 2.75) is 71.1 Å². The number of carbonyl (C=O) groups excluding carboxylic acids is 5. The number of carbonyl (C=O) groups is 5. The number of amides is 5. The number of imidazole rings is 1. The van der Waals surface area contributed by atoms with Crippen LogP contribution in [0.2, 0.25) is 0 Å². The Morgan fingerprint density at radius 3 is 2.37 bits per heavy atom. The summed E-state index contributed by atoms with van der Waals surface area (Å²) < 4.78 is 1.72. The molecule has 4 N–H and O–H groups in total. The third-order valence-electron chi connectivity index (χ3n) is 7.24. The summed E-state index contributed by atoms with van der Waals surface area (Å²) in [5.41, 5.74) is 1.01. The lowest BCUT2D eigenvalue weighted by molar-refractivity contribution is -0.133. The smallest absolute Gasteiger partial charge is 0.274 e. The van der Waals surface area contributed by atoms with E-state index in [1.165, 1.54) is 23.2 Å². The molecule has 0 unspecified atom stereocenters. The van der Waals surface area contributed by atoms with Crippen LogP contribution in [0.1, 0.15) is 56.6 Å². The largest absolute Gasteiger partial charge is 0.350 e. The fourth-order valence-electron chi connectivity index (χ4n) is 4.91. The van der Waals surface area contributed by atoms with Crippen molar-refractivity contribution >= 4 is 45.8 Å². The van der Waals surface area contributed by atoms with Gasteiger partial charge >= 0.3 is 0 Å². The van der Waals surface area contributed by atoms with E-state index in [1.807, 2.05) is 56.5 Å². The number of nitrogens with zero attached hydrogens (tertiary/aromatic N) is 3. The summed E-state index contributed by atoms with van der Waals surface area (Å²) in [6.45, 7) is 6.90. The second kappa shape index (κ2) is 14.3. The highest BCUT2D eigenvalue weighted by atomic mass is 32.1. The number of hydrogen-bond acceptors (Lipinski definition) is 7. The number of aromatic nitrogens is 2. The minimum Gasteiger partial charge on any atom is -0.350 e. The van der Waals surface area contributed by atoms with Gasteiger partial charge in [0.05, 0.1) is 6.54 Å². The highest BCUT2D eigenvalue weighted by Gasteiger charge is 2.32. The van der Waals surface area contributed by atoms with Gasteiger partial charge < -0.3 is 26.2 Å². The fourth-order valence-corrected chi connectivity index (χ4v) is 5.61. The van der Waals surface area contributed by atoms with Crippen LogP contribution in [0.4, 0.5) is 0 Å². The Morgan fingerprint density at radius 2 is 1.70 bits per heavy atom. The molecule has 43 heavy (non-hydrogen) atoms. The highest BCUT2D eigenvalue weighted by molar-refractivity contribution is 7.15. The Hall–Kier alpha value is -4.26. The Labute approximate surface area is 254 Å². The van der Waals surface area contributed by atoms with Gasteiger partial charge in [0.2, 0.25) is 23.6 Å². The normalized spacial score (nSPS) is 22.8. The monoisotopic (exact) mass is 609 g/mol. The summed E-state index contributed by atoms with van der Waals surface area (Å²) in [6.07, 6.45) is 4.39. The molecule has 1 aromatic carbocycles. The molecule has 0 aliphatic carbocycles. The van der Waals surface area contributed by atoms with Gasteiger partial charge in [0, 0.05) is 36.8 Å². The Kier molecular flexibility index (Phi) is 10.5. The average Bonchev–Trinajstić information content (AvgIpc) is 3.58. The van der Waals surface area contributed by atoms with Crippen LogP contribution in [0, 0.1) is 5.92 Å². The zero-order valence-corrected chi connectivity index (χ0v) is 25.6. The lowest BCUT2D eigenvalue weighted by Crippen LogP contribution is -2.57. The molecule has 5 amide bonds. The summed E-state index contributed by atoms with van der Waals surface area (Å²) >= 11 is 1.37. The number of benzene rings is 1. The van der Waals surface area contributed by atoms with Crippen molar-refractivity contribution in [3.8, 4) is 0 Å². The lowest BCUT2D eigenvalue weighted by Gasteiger charge is -2.29. The molecule has 2 aromatic heterocycles. The van der Waals surface area contributed by atoms with E-state index < -0.39 is 53.7 Å². The lowest BCUT2D eigenvalue weighted by atomic mass is 10.0. The third-order valence-corrected chi connectivity index (χ3v) is 8.01. The minimum atomic E-state index is -0.975. The average molecular weight is 610 g/mol. The predicted molar refractivity (Wildman–Crippen MR) is 162 cm³/mol. The second-order valence-corrected chi connectivity index (χ2v) is 12.1. The first-order chi connectivity index (χ1) is 20.5. The van der Waals surface area contributed by atoms with Crippen LogP contribution in [-0.2, 0) is 25.6 Å². The van der Waals surface area contributed by atoms with Gasteiger partial charge in [-0.15, -0.1) is 11.3 Å². The van der Waals surface area contributed by atoms with Crippen LogP contribution in [0.5, 0.6) is 0 Å². The summed E-state index contributed by atoms with van der Waals surface area (Å²) in [5.74, 6) is -2.44. The third kappa shape index (κ3) is 8.40. The van der Waals surface area contributed by atoms with Gasteiger partial charge in [-0.3, -0.25) is 28.4 Å². The highest BCUT2D eigenvalue weighted by Crippen LogP contribution is 2.14. The topological polar surface area (TPSA) is 154 Å². The quantitative estimate of drug-likeness (QED) is 0.332. The zero-order chi connectivity index (χ0) is 31.1. The van der Waals surface area contributed by atoms with Crippen LogP contribution >= 0.6 is 11.3 Å². The molecule has 1 saturated heterocycles. The molecule has 0 bridgehead atoms. The molecule has 1 fully saturated rings. The molecule has 4 atom stereocenters. The van der Waals surface area contributed by atoms with Crippen LogP contribution < -0.4 is 21.3 Å². The van der Waals surface area contributed by atoms with Crippen molar-refractivity contribution in [1.29, 1.82) is 0 Å². The van der Waals surface area contributed by atoms with E-state index in [2.05, 4.69) is 26.3 Å². The molecule has 1 aliphatic rings. The number of fused-ring (bicyclic) bond motifs is 1. The molecular formula is C30H39N7O5S. The van der Waals surface area contributed by atoms with Gasteiger partial charge in [0.25, 0.3) is 5.91 Å². The number of thiazole rings is 1.